The number of esters is 1. The third kappa shape index (κ3) is 3.05. The van der Waals surface area contributed by atoms with Gasteiger partial charge in [0.25, 0.3) is 0 Å². The highest BCUT2D eigenvalue weighted by Gasteiger charge is 2.05. The molecule has 0 aliphatic carbocycles. The lowest BCUT2D eigenvalue weighted by Gasteiger charge is -2.08. The van der Waals surface area contributed by atoms with Crippen molar-refractivity contribution in [1.82, 2.24) is 0 Å². The average Bonchev–Trinajstić information content (AvgIpc) is 2.26. The largest absolute Gasteiger partial charge is 0.497 e. The fourth-order valence-corrected chi connectivity index (χ4v) is 0.981. The monoisotopic (exact) mass is 211 g/mol. The van der Waals surface area contributed by atoms with E-state index in [1.807, 2.05) is 0 Å². The van der Waals surface area contributed by atoms with Crippen LogP contribution < -0.4 is 15.2 Å². The zero-order valence-electron chi connectivity index (χ0n) is 8.65. The first-order valence-corrected chi connectivity index (χ1v) is 4.30. The second kappa shape index (κ2) is 5.09. The van der Waals surface area contributed by atoms with Crippen molar-refractivity contribution in [1.29, 1.82) is 0 Å². The maximum Gasteiger partial charge on any atom is 0.343 e. The molecule has 0 bridgehead atoms. The number of hydrogen-bond acceptors (Lipinski definition) is 5. The number of nitrogens with two attached hydrogens (primary N) is 1. The van der Waals surface area contributed by atoms with E-state index in [-0.39, 0.29) is 6.61 Å². The SMILES string of the molecule is COC(=O)COc1ccc(OC)cc1N. The Morgan fingerprint density at radius 3 is 2.67 bits per heavy atom. The van der Waals surface area contributed by atoms with Crippen LogP contribution in [0.5, 0.6) is 11.5 Å². The third-order valence-electron chi connectivity index (χ3n) is 1.79. The molecular weight excluding hydrogens is 198 g/mol. The van der Waals surface area contributed by atoms with E-state index in [2.05, 4.69) is 4.74 Å². The van der Waals surface area contributed by atoms with Gasteiger partial charge in [0, 0.05) is 6.07 Å². The lowest BCUT2D eigenvalue weighted by atomic mass is 10.3. The average molecular weight is 211 g/mol. The van der Waals surface area contributed by atoms with Crippen LogP contribution in [0.25, 0.3) is 0 Å². The fourth-order valence-electron chi connectivity index (χ4n) is 0.981. The highest BCUT2D eigenvalue weighted by Crippen LogP contribution is 2.25. The summed E-state index contributed by atoms with van der Waals surface area (Å²) in [6, 6.07) is 4.95. The summed E-state index contributed by atoms with van der Waals surface area (Å²) in [4.78, 5) is 10.8. The molecule has 0 aromatic heterocycles. The van der Waals surface area contributed by atoms with Crippen molar-refractivity contribution in [2.24, 2.45) is 0 Å². The minimum atomic E-state index is -0.454. The van der Waals surface area contributed by atoms with Crippen molar-refractivity contribution in [2.45, 2.75) is 0 Å². The Hall–Kier alpha value is -1.91. The smallest absolute Gasteiger partial charge is 0.343 e. The number of carbonyl (C=O) groups excluding carboxylic acids is 1. The van der Waals surface area contributed by atoms with Gasteiger partial charge in [-0.05, 0) is 12.1 Å². The van der Waals surface area contributed by atoms with Crippen molar-refractivity contribution >= 4 is 11.7 Å². The maximum absolute atomic E-state index is 10.8. The highest BCUT2D eigenvalue weighted by molar-refractivity contribution is 5.71. The summed E-state index contributed by atoms with van der Waals surface area (Å²) in [5.74, 6) is 0.615. The quantitative estimate of drug-likeness (QED) is 0.590. The molecule has 1 aromatic carbocycles. The summed E-state index contributed by atoms with van der Waals surface area (Å²) in [7, 11) is 2.84. The molecule has 0 aliphatic heterocycles. The number of anilines is 1. The molecule has 82 valence electrons. The van der Waals surface area contributed by atoms with E-state index >= 15 is 0 Å². The minimum Gasteiger partial charge on any atom is -0.497 e. The second-order valence-electron chi connectivity index (χ2n) is 2.77. The molecule has 0 aliphatic rings. The standard InChI is InChI=1S/C10H13NO4/c1-13-7-3-4-9(8(11)5-7)15-6-10(12)14-2/h3-5H,6,11H2,1-2H3. The number of benzene rings is 1. The van der Waals surface area contributed by atoms with Crippen LogP contribution in [-0.2, 0) is 9.53 Å². The second-order valence-corrected chi connectivity index (χ2v) is 2.77. The first-order chi connectivity index (χ1) is 7.17. The van der Waals surface area contributed by atoms with Gasteiger partial charge >= 0.3 is 5.97 Å². The number of methoxy groups -OCH3 is 2. The Kier molecular flexibility index (Phi) is 3.79. The van der Waals surface area contributed by atoms with E-state index in [1.54, 1.807) is 25.3 Å². The van der Waals surface area contributed by atoms with E-state index in [4.69, 9.17) is 15.2 Å². The molecule has 1 rings (SSSR count). The molecule has 15 heavy (non-hydrogen) atoms. The van der Waals surface area contributed by atoms with E-state index in [1.165, 1.54) is 7.11 Å². The Morgan fingerprint density at radius 1 is 1.40 bits per heavy atom. The molecule has 0 saturated heterocycles. The number of hydrogen-bond donors (Lipinski definition) is 1. The maximum atomic E-state index is 10.8. The van der Waals surface area contributed by atoms with Gasteiger partial charge in [0.15, 0.2) is 6.61 Å². The highest BCUT2D eigenvalue weighted by atomic mass is 16.6. The van der Waals surface area contributed by atoms with E-state index in [9.17, 15) is 4.79 Å². The van der Waals surface area contributed by atoms with Crippen molar-refractivity contribution in [3.63, 3.8) is 0 Å². The van der Waals surface area contributed by atoms with E-state index in [0.29, 0.717) is 17.2 Å². The molecule has 2 N–H and O–H groups in total. The normalized spacial score (nSPS) is 9.47. The van der Waals surface area contributed by atoms with Crippen LogP contribution in [0.2, 0.25) is 0 Å². The molecular formula is C10H13NO4. The third-order valence-corrected chi connectivity index (χ3v) is 1.79. The summed E-state index contributed by atoms with van der Waals surface area (Å²) in [5, 5.41) is 0. The Morgan fingerprint density at radius 2 is 2.13 bits per heavy atom. The number of carbonyl (C=O) groups is 1. The van der Waals surface area contributed by atoms with Gasteiger partial charge in [0.1, 0.15) is 11.5 Å². The van der Waals surface area contributed by atoms with Gasteiger partial charge in [0.05, 0.1) is 19.9 Å². The van der Waals surface area contributed by atoms with Crippen molar-refractivity contribution in [3.8, 4) is 11.5 Å². The molecule has 0 heterocycles. The fraction of sp³-hybridized carbons (Fsp3) is 0.300. The van der Waals surface area contributed by atoms with Gasteiger partial charge in [-0.3, -0.25) is 0 Å². The first kappa shape index (κ1) is 11.2. The summed E-state index contributed by atoms with van der Waals surface area (Å²) >= 11 is 0. The van der Waals surface area contributed by atoms with Gasteiger partial charge in [-0.25, -0.2) is 4.79 Å². The Labute approximate surface area is 87.7 Å². The molecule has 5 nitrogen and oxygen atoms in total. The number of ether oxygens (including phenoxy) is 3. The van der Waals surface area contributed by atoms with Gasteiger partial charge in [-0.2, -0.15) is 0 Å². The molecule has 0 fully saturated rings. The molecule has 0 amide bonds. The molecule has 1 aromatic rings. The Bertz CT molecular complexity index is 351. The molecule has 0 spiro atoms. The lowest BCUT2D eigenvalue weighted by Crippen LogP contribution is -2.13. The van der Waals surface area contributed by atoms with Crippen molar-refractivity contribution in [2.75, 3.05) is 26.6 Å². The predicted octanol–water partition coefficient (Wildman–Crippen LogP) is 0.829. The lowest BCUT2D eigenvalue weighted by molar-refractivity contribution is -0.142. The van der Waals surface area contributed by atoms with Crippen molar-refractivity contribution < 1.29 is 19.0 Å². The number of nitrogen functional groups attached to an aromatic ring is 1. The summed E-state index contributed by atoms with van der Waals surface area (Å²) in [6.45, 7) is -0.160. The molecule has 5 heteroatoms. The predicted molar refractivity (Wildman–Crippen MR) is 54.9 cm³/mol. The molecule has 0 unspecified atom stereocenters. The first-order valence-electron chi connectivity index (χ1n) is 4.30. The topological polar surface area (TPSA) is 70.8 Å². The van der Waals surface area contributed by atoms with E-state index < -0.39 is 5.97 Å². The van der Waals surface area contributed by atoms with Gasteiger partial charge < -0.3 is 19.9 Å². The van der Waals surface area contributed by atoms with Crippen molar-refractivity contribution in [3.05, 3.63) is 18.2 Å². The van der Waals surface area contributed by atoms with Crippen LogP contribution in [-0.4, -0.2) is 26.8 Å². The molecule has 0 radical (unpaired) electrons. The minimum absolute atomic E-state index is 0.160. The molecule has 0 saturated carbocycles. The summed E-state index contributed by atoms with van der Waals surface area (Å²) < 4.78 is 14.5. The number of rotatable bonds is 4. The van der Waals surface area contributed by atoms with Gasteiger partial charge in [-0.1, -0.05) is 0 Å². The van der Waals surface area contributed by atoms with Crippen LogP contribution in [0.3, 0.4) is 0 Å². The van der Waals surface area contributed by atoms with Crippen LogP contribution in [0.15, 0.2) is 18.2 Å². The van der Waals surface area contributed by atoms with Gasteiger partial charge in [0.2, 0.25) is 0 Å². The summed E-state index contributed by atoms with van der Waals surface area (Å²) in [5.41, 5.74) is 6.08. The van der Waals surface area contributed by atoms with E-state index in [0.717, 1.165) is 0 Å². The Balaban J connectivity index is 2.66. The van der Waals surface area contributed by atoms with Gasteiger partial charge in [-0.15, -0.1) is 0 Å². The zero-order valence-corrected chi connectivity index (χ0v) is 8.65. The summed E-state index contributed by atoms with van der Waals surface area (Å²) in [6.07, 6.45) is 0. The van der Waals surface area contributed by atoms with Crippen LogP contribution >= 0.6 is 0 Å². The van der Waals surface area contributed by atoms with Crippen LogP contribution in [0.1, 0.15) is 0 Å². The van der Waals surface area contributed by atoms with Crippen LogP contribution in [0, 0.1) is 0 Å². The zero-order chi connectivity index (χ0) is 11.3. The molecule has 0 atom stereocenters. The van der Waals surface area contributed by atoms with Crippen LogP contribution in [0.4, 0.5) is 5.69 Å².